The van der Waals surface area contributed by atoms with Crippen LogP contribution < -0.4 is 4.74 Å². The minimum Gasteiger partial charge on any atom is -0.454 e. The minimum atomic E-state index is -3.04. The lowest BCUT2D eigenvalue weighted by atomic mass is 9.90. The second-order valence-corrected chi connectivity index (χ2v) is 7.19. The second-order valence-electron chi connectivity index (χ2n) is 7.19. The summed E-state index contributed by atoms with van der Waals surface area (Å²) >= 11 is 0. The van der Waals surface area contributed by atoms with Crippen LogP contribution in [-0.4, -0.2) is 34.6 Å². The quantitative estimate of drug-likeness (QED) is 0.347. The molecule has 0 aromatic carbocycles. The minimum absolute atomic E-state index is 0.0588. The van der Waals surface area contributed by atoms with Crippen molar-refractivity contribution in [3.05, 3.63) is 60.5 Å². The fourth-order valence-electron chi connectivity index (χ4n) is 3.06. The van der Waals surface area contributed by atoms with Gasteiger partial charge in [0.05, 0.1) is 11.9 Å². The summed E-state index contributed by atoms with van der Waals surface area (Å²) in [6.45, 7) is 12.2. The molecule has 0 radical (unpaired) electrons. The van der Waals surface area contributed by atoms with Gasteiger partial charge in [0.1, 0.15) is 17.2 Å². The number of aliphatic imine (C=N–C) groups is 1. The Kier molecular flexibility index (Phi) is 7.59. The highest BCUT2D eigenvalue weighted by Gasteiger charge is 2.29. The summed E-state index contributed by atoms with van der Waals surface area (Å²) in [5.74, 6) is -4.24. The van der Waals surface area contributed by atoms with Crippen LogP contribution in [-0.2, 0) is 10.7 Å². The molecule has 0 spiro atoms. The van der Waals surface area contributed by atoms with E-state index in [1.165, 1.54) is 23.2 Å². The van der Waals surface area contributed by atoms with Crippen molar-refractivity contribution in [2.24, 2.45) is 10.9 Å². The van der Waals surface area contributed by atoms with Crippen molar-refractivity contribution in [2.45, 2.75) is 39.5 Å². The van der Waals surface area contributed by atoms with Crippen molar-refractivity contribution in [3.63, 3.8) is 0 Å². The summed E-state index contributed by atoms with van der Waals surface area (Å²) in [4.78, 5) is 21.5. The van der Waals surface area contributed by atoms with E-state index in [4.69, 9.17) is 4.74 Å². The predicted molar refractivity (Wildman–Crippen MR) is 110 cm³/mol. The van der Waals surface area contributed by atoms with Crippen molar-refractivity contribution >= 4 is 11.6 Å². The standard InChI is InChI=1S/C22H26F3N3O2/c1-6-14(2)27-20(17-9-11-28(12-10-17)21(29)15(3)23)16(4)30-18-7-8-19(26-13-18)22(5,24)25/h6-8,13,17H,3-4,9-12H2,1-2,5H3/b14-6-,27-20?. The molecule has 1 aliphatic heterocycles. The summed E-state index contributed by atoms with van der Waals surface area (Å²) in [6, 6.07) is 2.60. The monoisotopic (exact) mass is 421 g/mol. The highest BCUT2D eigenvalue weighted by atomic mass is 19.3. The van der Waals surface area contributed by atoms with Crippen molar-refractivity contribution in [3.8, 4) is 5.75 Å². The summed E-state index contributed by atoms with van der Waals surface area (Å²) in [7, 11) is 0. The Morgan fingerprint density at radius 2 is 1.97 bits per heavy atom. The van der Waals surface area contributed by atoms with Gasteiger partial charge in [0.2, 0.25) is 0 Å². The van der Waals surface area contributed by atoms with Crippen LogP contribution in [0.2, 0.25) is 0 Å². The zero-order chi connectivity index (χ0) is 22.5. The number of amides is 1. The van der Waals surface area contributed by atoms with E-state index in [2.05, 4.69) is 23.1 Å². The van der Waals surface area contributed by atoms with Gasteiger partial charge in [-0.2, -0.15) is 8.78 Å². The molecule has 1 aromatic heterocycles. The number of carbonyl (C=O) groups excluding carboxylic acids is 1. The van der Waals surface area contributed by atoms with Gasteiger partial charge in [-0.3, -0.25) is 14.8 Å². The average molecular weight is 421 g/mol. The third-order valence-corrected chi connectivity index (χ3v) is 4.83. The summed E-state index contributed by atoms with van der Waals surface area (Å²) < 4.78 is 45.5. The molecule has 0 bridgehead atoms. The molecule has 0 N–H and O–H groups in total. The highest BCUT2D eigenvalue weighted by Crippen LogP contribution is 2.28. The molecule has 8 heteroatoms. The van der Waals surface area contributed by atoms with Gasteiger partial charge in [0.15, 0.2) is 5.83 Å². The molecular weight excluding hydrogens is 395 g/mol. The van der Waals surface area contributed by atoms with Crippen molar-refractivity contribution < 1.29 is 22.7 Å². The van der Waals surface area contributed by atoms with Crippen LogP contribution in [0.15, 0.2) is 59.8 Å². The van der Waals surface area contributed by atoms with Crippen LogP contribution in [0, 0.1) is 5.92 Å². The van der Waals surface area contributed by atoms with E-state index in [0.29, 0.717) is 31.6 Å². The van der Waals surface area contributed by atoms with Crippen LogP contribution in [0.3, 0.4) is 0 Å². The number of ether oxygens (including phenoxy) is 1. The number of piperidine rings is 1. The van der Waals surface area contributed by atoms with Gasteiger partial charge in [-0.1, -0.05) is 19.2 Å². The third-order valence-electron chi connectivity index (χ3n) is 4.83. The smallest absolute Gasteiger partial charge is 0.286 e. The molecule has 162 valence electrons. The first-order valence-corrected chi connectivity index (χ1v) is 9.59. The van der Waals surface area contributed by atoms with Gasteiger partial charge < -0.3 is 9.64 Å². The Balaban J connectivity index is 2.16. The Morgan fingerprint density at radius 3 is 2.43 bits per heavy atom. The number of aromatic nitrogens is 1. The van der Waals surface area contributed by atoms with Crippen LogP contribution in [0.1, 0.15) is 39.3 Å². The molecule has 2 heterocycles. The van der Waals surface area contributed by atoms with E-state index < -0.39 is 17.7 Å². The molecule has 5 nitrogen and oxygen atoms in total. The fourth-order valence-corrected chi connectivity index (χ4v) is 3.06. The lowest BCUT2D eigenvalue weighted by Gasteiger charge is -2.32. The zero-order valence-corrected chi connectivity index (χ0v) is 17.4. The van der Waals surface area contributed by atoms with E-state index in [1.807, 2.05) is 19.9 Å². The molecule has 30 heavy (non-hydrogen) atoms. The number of alkyl halides is 2. The van der Waals surface area contributed by atoms with E-state index in [1.54, 1.807) is 0 Å². The molecule has 1 aromatic rings. The van der Waals surface area contributed by atoms with Crippen LogP contribution >= 0.6 is 0 Å². The zero-order valence-electron chi connectivity index (χ0n) is 17.4. The Bertz CT molecular complexity index is 863. The van der Waals surface area contributed by atoms with Crippen molar-refractivity contribution in [1.29, 1.82) is 0 Å². The first-order chi connectivity index (χ1) is 14.0. The lowest BCUT2D eigenvalue weighted by molar-refractivity contribution is -0.129. The van der Waals surface area contributed by atoms with Gasteiger partial charge in [0, 0.05) is 31.6 Å². The van der Waals surface area contributed by atoms with Crippen LogP contribution in [0.4, 0.5) is 13.2 Å². The fraction of sp³-hybridized carbons (Fsp3) is 0.409. The van der Waals surface area contributed by atoms with Crippen molar-refractivity contribution in [2.75, 3.05) is 13.1 Å². The van der Waals surface area contributed by atoms with Crippen LogP contribution in [0.25, 0.3) is 0 Å². The highest BCUT2D eigenvalue weighted by molar-refractivity contribution is 6.01. The summed E-state index contributed by atoms with van der Waals surface area (Å²) in [6.07, 6.45) is 4.15. The third kappa shape index (κ3) is 6.05. The maximum Gasteiger partial charge on any atom is 0.286 e. The predicted octanol–water partition coefficient (Wildman–Crippen LogP) is 5.17. The van der Waals surface area contributed by atoms with Gasteiger partial charge in [-0.15, -0.1) is 0 Å². The van der Waals surface area contributed by atoms with Gasteiger partial charge in [-0.05, 0) is 38.8 Å². The van der Waals surface area contributed by atoms with Gasteiger partial charge in [0.25, 0.3) is 11.8 Å². The molecule has 1 aliphatic rings. The Labute approximate surface area is 174 Å². The van der Waals surface area contributed by atoms with Gasteiger partial charge >= 0.3 is 0 Å². The van der Waals surface area contributed by atoms with E-state index in [9.17, 15) is 18.0 Å². The maximum absolute atomic E-state index is 13.3. The Morgan fingerprint density at radius 1 is 1.33 bits per heavy atom. The molecule has 0 aliphatic carbocycles. The first kappa shape index (κ1) is 23.4. The molecule has 0 unspecified atom stereocenters. The first-order valence-electron chi connectivity index (χ1n) is 9.59. The number of allylic oxidation sites excluding steroid dienone is 3. The maximum atomic E-state index is 13.3. The largest absolute Gasteiger partial charge is 0.454 e. The number of hydrogen-bond donors (Lipinski definition) is 0. The molecule has 1 fully saturated rings. The molecule has 1 saturated heterocycles. The van der Waals surface area contributed by atoms with Crippen molar-refractivity contribution in [1.82, 2.24) is 9.88 Å². The summed E-state index contributed by atoms with van der Waals surface area (Å²) in [5.41, 5.74) is 0.997. The lowest BCUT2D eigenvalue weighted by Crippen LogP contribution is -2.40. The molecule has 2 rings (SSSR count). The average Bonchev–Trinajstić information content (AvgIpc) is 2.71. The SMILES string of the molecule is C=C(F)C(=O)N1CCC(C(=N/C(C)=C\C)C(=C)Oc2ccc(C(C)(F)F)nc2)CC1. The number of halogens is 3. The summed E-state index contributed by atoms with van der Waals surface area (Å²) in [5, 5.41) is 0. The van der Waals surface area contributed by atoms with Gasteiger partial charge in [-0.25, -0.2) is 4.39 Å². The number of nitrogens with zero attached hydrogens (tertiary/aromatic N) is 3. The Hall–Kier alpha value is -2.90. The number of rotatable bonds is 7. The molecule has 1 amide bonds. The van der Waals surface area contributed by atoms with E-state index >= 15 is 0 Å². The molecule has 0 atom stereocenters. The number of pyridine rings is 1. The molecular formula is C22H26F3N3O2. The number of carbonyl (C=O) groups is 1. The number of hydrogen-bond acceptors (Lipinski definition) is 4. The molecule has 0 saturated carbocycles. The second kappa shape index (κ2) is 9.73. The normalized spacial score (nSPS) is 16.4. The van der Waals surface area contributed by atoms with Crippen LogP contribution in [0.5, 0.6) is 5.75 Å². The number of likely N-dealkylation sites (tertiary alicyclic amines) is 1. The van der Waals surface area contributed by atoms with E-state index in [-0.39, 0.29) is 23.1 Å². The van der Waals surface area contributed by atoms with E-state index in [0.717, 1.165) is 12.6 Å². The topological polar surface area (TPSA) is 54.8 Å².